The highest BCUT2D eigenvalue weighted by atomic mass is 16.5. The number of hydrogen-bond donors (Lipinski definition) is 1. The van der Waals surface area contributed by atoms with Crippen LogP contribution in [0.15, 0.2) is 0 Å². The van der Waals surface area contributed by atoms with Gasteiger partial charge >= 0.3 is 12.1 Å². The molecule has 0 saturated carbocycles. The molecule has 0 aromatic rings. The summed E-state index contributed by atoms with van der Waals surface area (Å²) in [5, 5.41) is 2.43. The molecular formula is C7H13NO4. The lowest BCUT2D eigenvalue weighted by atomic mass is 10.2. The zero-order valence-electron chi connectivity index (χ0n) is 7.42. The Morgan fingerprint density at radius 2 is 1.92 bits per heavy atom. The molecular weight excluding hydrogens is 162 g/mol. The predicted molar refractivity (Wildman–Crippen MR) is 41.6 cm³/mol. The van der Waals surface area contributed by atoms with Crippen LogP contribution >= 0.6 is 0 Å². The molecule has 0 aromatic carbocycles. The molecule has 0 aliphatic rings. The first-order valence-corrected chi connectivity index (χ1v) is 3.51. The maximum Gasteiger partial charge on any atom is 0.407 e. The third-order valence-electron chi connectivity index (χ3n) is 1.25. The SMILES string of the molecule is COC(=O)CC(C)NC(=O)OC. The molecule has 12 heavy (non-hydrogen) atoms. The third kappa shape index (κ3) is 4.54. The van der Waals surface area contributed by atoms with Crippen molar-refractivity contribution in [2.45, 2.75) is 19.4 Å². The van der Waals surface area contributed by atoms with Gasteiger partial charge in [0.25, 0.3) is 0 Å². The van der Waals surface area contributed by atoms with Crippen molar-refractivity contribution in [1.82, 2.24) is 5.32 Å². The number of methoxy groups -OCH3 is 2. The van der Waals surface area contributed by atoms with Gasteiger partial charge in [-0.25, -0.2) is 4.79 Å². The average Bonchev–Trinajstić information content (AvgIpc) is 2.03. The summed E-state index contributed by atoms with van der Waals surface area (Å²) in [6.45, 7) is 1.69. The molecule has 0 fully saturated rings. The van der Waals surface area contributed by atoms with Gasteiger partial charge in [0.1, 0.15) is 0 Å². The van der Waals surface area contributed by atoms with Gasteiger partial charge < -0.3 is 14.8 Å². The van der Waals surface area contributed by atoms with E-state index in [0.29, 0.717) is 0 Å². The molecule has 0 rings (SSSR count). The number of ether oxygens (including phenoxy) is 2. The number of hydrogen-bond acceptors (Lipinski definition) is 4. The van der Waals surface area contributed by atoms with Crippen LogP contribution in [-0.2, 0) is 14.3 Å². The Morgan fingerprint density at radius 1 is 1.33 bits per heavy atom. The van der Waals surface area contributed by atoms with Crippen molar-refractivity contribution in [3.63, 3.8) is 0 Å². The van der Waals surface area contributed by atoms with Crippen LogP contribution in [0.1, 0.15) is 13.3 Å². The monoisotopic (exact) mass is 175 g/mol. The molecule has 0 aromatic heterocycles. The van der Waals surface area contributed by atoms with Crippen LogP contribution in [0.25, 0.3) is 0 Å². The summed E-state index contributed by atoms with van der Waals surface area (Å²) in [5.41, 5.74) is 0. The summed E-state index contributed by atoms with van der Waals surface area (Å²) < 4.78 is 8.74. The van der Waals surface area contributed by atoms with Crippen LogP contribution in [0.2, 0.25) is 0 Å². The number of carbonyl (C=O) groups excluding carboxylic acids is 2. The highest BCUT2D eigenvalue weighted by Crippen LogP contribution is 1.92. The quantitative estimate of drug-likeness (QED) is 0.626. The molecule has 0 aliphatic heterocycles. The molecule has 5 nitrogen and oxygen atoms in total. The van der Waals surface area contributed by atoms with Crippen LogP contribution in [-0.4, -0.2) is 32.3 Å². The Kier molecular flexibility index (Phi) is 4.83. The summed E-state index contributed by atoms with van der Waals surface area (Å²) in [6, 6.07) is -0.273. The summed E-state index contributed by atoms with van der Waals surface area (Å²) in [4.78, 5) is 21.3. The van der Waals surface area contributed by atoms with Crippen molar-refractivity contribution in [2.24, 2.45) is 0 Å². The Morgan fingerprint density at radius 3 is 2.33 bits per heavy atom. The van der Waals surface area contributed by atoms with E-state index in [0.717, 1.165) is 0 Å². The summed E-state index contributed by atoms with van der Waals surface area (Å²) >= 11 is 0. The predicted octanol–water partition coefficient (Wildman–Crippen LogP) is 0.294. The van der Waals surface area contributed by atoms with Crippen molar-refractivity contribution in [3.05, 3.63) is 0 Å². The van der Waals surface area contributed by atoms with Crippen LogP contribution in [0, 0.1) is 0 Å². The molecule has 0 saturated heterocycles. The first-order chi connectivity index (χ1) is 5.60. The Bertz CT molecular complexity index is 151. The van der Waals surface area contributed by atoms with E-state index in [1.165, 1.54) is 14.2 Å². The second kappa shape index (κ2) is 5.40. The molecule has 0 spiro atoms. The lowest BCUT2D eigenvalue weighted by molar-refractivity contribution is -0.141. The number of alkyl carbamates (subject to hydrolysis) is 1. The van der Waals surface area contributed by atoms with Gasteiger partial charge in [0.05, 0.1) is 20.6 Å². The van der Waals surface area contributed by atoms with Gasteiger partial charge in [-0.05, 0) is 6.92 Å². The standard InChI is InChI=1S/C7H13NO4/c1-5(4-6(9)11-2)8-7(10)12-3/h5H,4H2,1-3H3,(H,8,10). The van der Waals surface area contributed by atoms with E-state index in [9.17, 15) is 9.59 Å². The van der Waals surface area contributed by atoms with Gasteiger partial charge in [-0.3, -0.25) is 4.79 Å². The third-order valence-corrected chi connectivity index (χ3v) is 1.25. The maximum atomic E-state index is 10.7. The first kappa shape index (κ1) is 10.7. The molecule has 1 N–H and O–H groups in total. The van der Waals surface area contributed by atoms with E-state index in [1.54, 1.807) is 6.92 Å². The molecule has 5 heteroatoms. The Balaban J connectivity index is 3.66. The summed E-state index contributed by atoms with van der Waals surface area (Å²) in [5.74, 6) is -0.362. The molecule has 1 unspecified atom stereocenters. The minimum Gasteiger partial charge on any atom is -0.469 e. The minimum atomic E-state index is -0.550. The molecule has 1 atom stereocenters. The lowest BCUT2D eigenvalue weighted by Gasteiger charge is -2.10. The van der Waals surface area contributed by atoms with E-state index in [4.69, 9.17) is 0 Å². The fourth-order valence-corrected chi connectivity index (χ4v) is 0.644. The number of carbonyl (C=O) groups is 2. The second-order valence-electron chi connectivity index (χ2n) is 2.32. The fourth-order valence-electron chi connectivity index (χ4n) is 0.644. The molecule has 0 aliphatic carbocycles. The van der Waals surface area contributed by atoms with E-state index < -0.39 is 6.09 Å². The maximum absolute atomic E-state index is 10.7. The smallest absolute Gasteiger partial charge is 0.407 e. The first-order valence-electron chi connectivity index (χ1n) is 3.51. The van der Waals surface area contributed by atoms with Crippen molar-refractivity contribution in [3.8, 4) is 0 Å². The normalized spacial score (nSPS) is 11.6. The lowest BCUT2D eigenvalue weighted by Crippen LogP contribution is -2.34. The van der Waals surface area contributed by atoms with Gasteiger partial charge in [-0.1, -0.05) is 0 Å². The van der Waals surface area contributed by atoms with Crippen molar-refractivity contribution < 1.29 is 19.1 Å². The number of amides is 1. The Labute approximate surface area is 71.0 Å². The van der Waals surface area contributed by atoms with E-state index >= 15 is 0 Å². The van der Waals surface area contributed by atoms with Gasteiger partial charge in [0, 0.05) is 6.04 Å². The Hall–Kier alpha value is -1.26. The summed E-state index contributed by atoms with van der Waals surface area (Å²) in [6.07, 6.45) is -0.405. The highest BCUT2D eigenvalue weighted by molar-refractivity contribution is 5.72. The van der Waals surface area contributed by atoms with Crippen molar-refractivity contribution in [1.29, 1.82) is 0 Å². The largest absolute Gasteiger partial charge is 0.469 e. The highest BCUT2D eigenvalue weighted by Gasteiger charge is 2.11. The van der Waals surface area contributed by atoms with Crippen LogP contribution < -0.4 is 5.32 Å². The number of rotatable bonds is 3. The van der Waals surface area contributed by atoms with Gasteiger partial charge in [0.2, 0.25) is 0 Å². The van der Waals surface area contributed by atoms with Gasteiger partial charge in [-0.2, -0.15) is 0 Å². The molecule has 70 valence electrons. The fraction of sp³-hybridized carbons (Fsp3) is 0.714. The number of nitrogens with one attached hydrogen (secondary N) is 1. The van der Waals surface area contributed by atoms with Crippen LogP contribution in [0.4, 0.5) is 4.79 Å². The molecule has 0 heterocycles. The van der Waals surface area contributed by atoms with Gasteiger partial charge in [-0.15, -0.1) is 0 Å². The molecule has 1 amide bonds. The van der Waals surface area contributed by atoms with E-state index in [-0.39, 0.29) is 18.4 Å². The molecule has 0 bridgehead atoms. The van der Waals surface area contributed by atoms with Gasteiger partial charge in [0.15, 0.2) is 0 Å². The molecule has 0 radical (unpaired) electrons. The van der Waals surface area contributed by atoms with Crippen LogP contribution in [0.3, 0.4) is 0 Å². The number of esters is 1. The van der Waals surface area contributed by atoms with E-state index in [1.807, 2.05) is 0 Å². The van der Waals surface area contributed by atoms with Crippen LogP contribution in [0.5, 0.6) is 0 Å². The zero-order valence-corrected chi connectivity index (χ0v) is 7.42. The second-order valence-corrected chi connectivity index (χ2v) is 2.32. The van der Waals surface area contributed by atoms with Crippen molar-refractivity contribution in [2.75, 3.05) is 14.2 Å². The minimum absolute atomic E-state index is 0.144. The van der Waals surface area contributed by atoms with Crippen molar-refractivity contribution >= 4 is 12.1 Å². The average molecular weight is 175 g/mol. The summed E-state index contributed by atoms with van der Waals surface area (Å²) in [7, 11) is 2.56. The van der Waals surface area contributed by atoms with E-state index in [2.05, 4.69) is 14.8 Å². The zero-order chi connectivity index (χ0) is 9.56. The topological polar surface area (TPSA) is 64.6 Å².